The van der Waals surface area contributed by atoms with E-state index in [1.165, 1.54) is 31.2 Å². The zero-order chi connectivity index (χ0) is 15.5. The van der Waals surface area contributed by atoms with Gasteiger partial charge in [0, 0.05) is 6.54 Å². The van der Waals surface area contributed by atoms with Crippen molar-refractivity contribution >= 4 is 0 Å². The number of benzene rings is 1. The molecule has 0 heterocycles. The summed E-state index contributed by atoms with van der Waals surface area (Å²) < 4.78 is 11.2. The highest BCUT2D eigenvalue weighted by Gasteiger charge is 2.06. The van der Waals surface area contributed by atoms with E-state index in [4.69, 9.17) is 9.47 Å². The lowest BCUT2D eigenvalue weighted by Gasteiger charge is -2.14. The van der Waals surface area contributed by atoms with Crippen LogP contribution in [-0.2, 0) is 6.54 Å². The Morgan fingerprint density at radius 3 is 2.57 bits per heavy atom. The Bertz CT molecular complexity index is 391. The Morgan fingerprint density at radius 2 is 1.90 bits per heavy atom. The van der Waals surface area contributed by atoms with Crippen molar-refractivity contribution in [2.24, 2.45) is 5.92 Å². The van der Waals surface area contributed by atoms with E-state index in [0.29, 0.717) is 12.5 Å². The van der Waals surface area contributed by atoms with Gasteiger partial charge in [-0.15, -0.1) is 0 Å². The first-order valence-corrected chi connectivity index (χ1v) is 8.17. The summed E-state index contributed by atoms with van der Waals surface area (Å²) in [5, 5.41) is 3.49. The fourth-order valence-corrected chi connectivity index (χ4v) is 2.11. The van der Waals surface area contributed by atoms with Gasteiger partial charge in [-0.05, 0) is 36.6 Å². The SMILES string of the molecule is CCCCCCNCc1ccc(OCC(C)C)c(OC)c1. The Hall–Kier alpha value is -1.22. The van der Waals surface area contributed by atoms with Crippen LogP contribution in [0.4, 0.5) is 0 Å². The molecule has 0 amide bonds. The van der Waals surface area contributed by atoms with E-state index < -0.39 is 0 Å². The highest BCUT2D eigenvalue weighted by molar-refractivity contribution is 5.42. The Labute approximate surface area is 130 Å². The van der Waals surface area contributed by atoms with Gasteiger partial charge in [-0.1, -0.05) is 46.1 Å². The molecule has 1 aromatic rings. The van der Waals surface area contributed by atoms with E-state index in [0.717, 1.165) is 24.6 Å². The topological polar surface area (TPSA) is 30.5 Å². The molecule has 3 nitrogen and oxygen atoms in total. The lowest BCUT2D eigenvalue weighted by Crippen LogP contribution is -2.14. The fraction of sp³-hybridized carbons (Fsp3) is 0.667. The molecule has 0 radical (unpaired) electrons. The molecule has 1 rings (SSSR count). The van der Waals surface area contributed by atoms with Crippen LogP contribution in [0.25, 0.3) is 0 Å². The lowest BCUT2D eigenvalue weighted by molar-refractivity contribution is 0.256. The van der Waals surface area contributed by atoms with E-state index in [9.17, 15) is 0 Å². The molecule has 0 aromatic heterocycles. The fourth-order valence-electron chi connectivity index (χ4n) is 2.11. The molecule has 0 spiro atoms. The lowest BCUT2D eigenvalue weighted by atomic mass is 10.2. The molecule has 21 heavy (non-hydrogen) atoms. The van der Waals surface area contributed by atoms with Crippen LogP contribution in [0.1, 0.15) is 52.0 Å². The molecule has 0 saturated carbocycles. The molecule has 120 valence electrons. The highest BCUT2D eigenvalue weighted by Crippen LogP contribution is 2.28. The van der Waals surface area contributed by atoms with Crippen LogP contribution in [0.3, 0.4) is 0 Å². The Kier molecular flexibility index (Phi) is 8.91. The third kappa shape index (κ3) is 7.37. The van der Waals surface area contributed by atoms with E-state index in [1.54, 1.807) is 7.11 Å². The molecule has 1 aromatic carbocycles. The Morgan fingerprint density at radius 1 is 1.10 bits per heavy atom. The van der Waals surface area contributed by atoms with Crippen molar-refractivity contribution in [3.63, 3.8) is 0 Å². The van der Waals surface area contributed by atoms with Crippen LogP contribution in [0, 0.1) is 5.92 Å². The van der Waals surface area contributed by atoms with Gasteiger partial charge >= 0.3 is 0 Å². The van der Waals surface area contributed by atoms with Crippen molar-refractivity contribution < 1.29 is 9.47 Å². The zero-order valence-corrected chi connectivity index (χ0v) is 14.1. The summed E-state index contributed by atoms with van der Waals surface area (Å²) in [7, 11) is 1.69. The quantitative estimate of drug-likeness (QED) is 0.613. The number of unbranched alkanes of at least 4 members (excludes halogenated alkanes) is 3. The molecule has 0 aliphatic rings. The highest BCUT2D eigenvalue weighted by atomic mass is 16.5. The van der Waals surface area contributed by atoms with Crippen molar-refractivity contribution in [1.82, 2.24) is 5.32 Å². The molecule has 0 bridgehead atoms. The maximum atomic E-state index is 5.77. The molecule has 0 saturated heterocycles. The first-order chi connectivity index (χ1) is 10.2. The second-order valence-electron chi connectivity index (χ2n) is 5.93. The average Bonchev–Trinajstić information content (AvgIpc) is 2.49. The van der Waals surface area contributed by atoms with Crippen molar-refractivity contribution in [1.29, 1.82) is 0 Å². The maximum Gasteiger partial charge on any atom is 0.161 e. The number of rotatable bonds is 11. The molecular weight excluding hydrogens is 262 g/mol. The smallest absolute Gasteiger partial charge is 0.161 e. The average molecular weight is 293 g/mol. The monoisotopic (exact) mass is 293 g/mol. The maximum absolute atomic E-state index is 5.77. The summed E-state index contributed by atoms with van der Waals surface area (Å²) in [5.74, 6) is 2.16. The Balaban J connectivity index is 2.42. The third-order valence-corrected chi connectivity index (χ3v) is 3.34. The standard InChI is InChI=1S/C18H31NO2/c1-5-6-7-8-11-19-13-16-9-10-17(18(12-16)20-4)21-14-15(2)3/h9-10,12,15,19H,5-8,11,13-14H2,1-4H3. The van der Waals surface area contributed by atoms with Crippen LogP contribution in [0.2, 0.25) is 0 Å². The van der Waals surface area contributed by atoms with Gasteiger partial charge in [0.2, 0.25) is 0 Å². The van der Waals surface area contributed by atoms with Crippen molar-refractivity contribution in [3.05, 3.63) is 23.8 Å². The summed E-state index contributed by atoms with van der Waals surface area (Å²) in [6, 6.07) is 6.18. The number of methoxy groups -OCH3 is 1. The predicted molar refractivity (Wildman–Crippen MR) is 89.2 cm³/mol. The normalized spacial score (nSPS) is 10.9. The number of hydrogen-bond acceptors (Lipinski definition) is 3. The largest absolute Gasteiger partial charge is 0.493 e. The van der Waals surface area contributed by atoms with Crippen LogP contribution in [0.15, 0.2) is 18.2 Å². The van der Waals surface area contributed by atoms with Gasteiger partial charge in [0.25, 0.3) is 0 Å². The summed E-state index contributed by atoms with van der Waals surface area (Å²) in [6.45, 7) is 9.20. The van der Waals surface area contributed by atoms with Gasteiger partial charge in [-0.3, -0.25) is 0 Å². The van der Waals surface area contributed by atoms with Gasteiger partial charge in [0.15, 0.2) is 11.5 Å². The van der Waals surface area contributed by atoms with E-state index in [-0.39, 0.29) is 0 Å². The second kappa shape index (κ2) is 10.5. The summed E-state index contributed by atoms with van der Waals surface area (Å²) in [5.41, 5.74) is 1.24. The third-order valence-electron chi connectivity index (χ3n) is 3.34. The minimum atomic E-state index is 0.513. The van der Waals surface area contributed by atoms with Crippen LogP contribution in [0.5, 0.6) is 11.5 Å². The van der Waals surface area contributed by atoms with Crippen molar-refractivity contribution in [3.8, 4) is 11.5 Å². The first-order valence-electron chi connectivity index (χ1n) is 8.17. The molecule has 0 aliphatic heterocycles. The van der Waals surface area contributed by atoms with Gasteiger partial charge in [-0.2, -0.15) is 0 Å². The molecule has 0 atom stereocenters. The summed E-state index contributed by atoms with van der Waals surface area (Å²) >= 11 is 0. The minimum absolute atomic E-state index is 0.513. The van der Waals surface area contributed by atoms with Crippen LogP contribution < -0.4 is 14.8 Å². The molecule has 3 heteroatoms. The number of nitrogens with one attached hydrogen (secondary N) is 1. The van der Waals surface area contributed by atoms with Crippen LogP contribution >= 0.6 is 0 Å². The molecule has 0 unspecified atom stereocenters. The summed E-state index contributed by atoms with van der Waals surface area (Å²) in [6.07, 6.45) is 5.18. The van der Waals surface area contributed by atoms with Gasteiger partial charge in [0.1, 0.15) is 0 Å². The van der Waals surface area contributed by atoms with Gasteiger partial charge < -0.3 is 14.8 Å². The molecule has 0 fully saturated rings. The predicted octanol–water partition coefficient (Wildman–Crippen LogP) is 4.40. The molecule has 0 aliphatic carbocycles. The van der Waals surface area contributed by atoms with Crippen molar-refractivity contribution in [2.75, 3.05) is 20.3 Å². The zero-order valence-electron chi connectivity index (χ0n) is 14.1. The number of ether oxygens (including phenoxy) is 2. The van der Waals surface area contributed by atoms with Crippen molar-refractivity contribution in [2.45, 2.75) is 53.0 Å². The van der Waals surface area contributed by atoms with Crippen LogP contribution in [-0.4, -0.2) is 20.3 Å². The van der Waals surface area contributed by atoms with E-state index in [1.807, 2.05) is 6.07 Å². The van der Waals surface area contributed by atoms with E-state index in [2.05, 4.69) is 38.2 Å². The van der Waals surface area contributed by atoms with Gasteiger partial charge in [0.05, 0.1) is 13.7 Å². The molecular formula is C18H31NO2. The summed E-state index contributed by atoms with van der Waals surface area (Å²) in [4.78, 5) is 0. The molecule has 1 N–H and O–H groups in total. The van der Waals surface area contributed by atoms with Gasteiger partial charge in [-0.25, -0.2) is 0 Å². The first kappa shape index (κ1) is 17.8. The number of hydrogen-bond donors (Lipinski definition) is 1. The second-order valence-corrected chi connectivity index (χ2v) is 5.93. The van der Waals surface area contributed by atoms with E-state index >= 15 is 0 Å². The minimum Gasteiger partial charge on any atom is -0.493 e.